The third kappa shape index (κ3) is 20.5. The lowest BCUT2D eigenvalue weighted by atomic mass is 10.0. The van der Waals surface area contributed by atoms with Gasteiger partial charge in [0.05, 0.1) is 11.1 Å². The van der Waals surface area contributed by atoms with E-state index in [1.807, 2.05) is 24.3 Å². The van der Waals surface area contributed by atoms with Gasteiger partial charge in [-0.15, -0.1) is 0 Å². The van der Waals surface area contributed by atoms with E-state index in [0.717, 1.165) is 36.8 Å². The minimum atomic E-state index is -0.493. The van der Waals surface area contributed by atoms with E-state index >= 15 is 0 Å². The zero-order chi connectivity index (χ0) is 38.3. The van der Waals surface area contributed by atoms with E-state index in [2.05, 4.69) is 50.3 Å². The molecule has 0 atom stereocenters. The van der Waals surface area contributed by atoms with E-state index in [1.165, 1.54) is 128 Å². The number of allylic oxidation sites excluding steroid dienone is 4. The van der Waals surface area contributed by atoms with Crippen LogP contribution < -0.4 is 9.47 Å². The van der Waals surface area contributed by atoms with Crippen molar-refractivity contribution in [2.24, 2.45) is 0 Å². The molecule has 0 amide bonds. The Morgan fingerprint density at radius 1 is 0.426 bits per heavy atom. The molecule has 0 fully saturated rings. The predicted molar refractivity (Wildman–Crippen MR) is 228 cm³/mol. The van der Waals surface area contributed by atoms with Crippen molar-refractivity contribution in [3.63, 3.8) is 0 Å². The maximum Gasteiger partial charge on any atom is 0.343 e. The standard InChI is InChI=1S/C50H70O4/c1-3-5-7-9-11-13-15-17-19-21-23-25-27-32-43-34-29-38-47(40-43)53-49(51)45-36-31-37-46(42-45)50(52)54-48-39-30-35-44(41-48)33-28-26-24-22-20-18-16-14-12-10-8-6-4-2/h13-16,29-31,34-42H,3-12,17-28,32-33H2,1-2H3/b15-13-,16-14-. The first kappa shape index (κ1) is 44.5. The van der Waals surface area contributed by atoms with Crippen LogP contribution in [0.1, 0.15) is 187 Å². The number of hydrogen-bond acceptors (Lipinski definition) is 4. The molecule has 0 radical (unpaired) electrons. The van der Waals surface area contributed by atoms with Crippen LogP contribution >= 0.6 is 0 Å². The van der Waals surface area contributed by atoms with Crippen molar-refractivity contribution in [1.29, 1.82) is 0 Å². The Balaban J connectivity index is 1.33. The normalized spacial score (nSPS) is 11.4. The number of rotatable bonds is 30. The van der Waals surface area contributed by atoms with Crippen molar-refractivity contribution in [3.05, 3.63) is 119 Å². The zero-order valence-corrected chi connectivity index (χ0v) is 33.8. The first-order valence-electron chi connectivity index (χ1n) is 21.6. The Labute approximate surface area is 328 Å². The van der Waals surface area contributed by atoms with E-state index < -0.39 is 11.9 Å². The molecule has 3 aromatic rings. The maximum atomic E-state index is 13.1. The lowest BCUT2D eigenvalue weighted by Crippen LogP contribution is -2.12. The molecule has 0 aromatic heterocycles. The fourth-order valence-corrected chi connectivity index (χ4v) is 6.73. The molecule has 0 bridgehead atoms. The van der Waals surface area contributed by atoms with Gasteiger partial charge in [-0.05, 0) is 131 Å². The highest BCUT2D eigenvalue weighted by molar-refractivity contribution is 5.96. The van der Waals surface area contributed by atoms with E-state index in [1.54, 1.807) is 36.4 Å². The second kappa shape index (κ2) is 29.4. The van der Waals surface area contributed by atoms with Crippen molar-refractivity contribution in [3.8, 4) is 11.5 Å². The van der Waals surface area contributed by atoms with Gasteiger partial charge < -0.3 is 9.47 Å². The highest BCUT2D eigenvalue weighted by Gasteiger charge is 2.15. The van der Waals surface area contributed by atoms with Crippen LogP contribution in [0.5, 0.6) is 11.5 Å². The van der Waals surface area contributed by atoms with Crippen LogP contribution in [-0.4, -0.2) is 11.9 Å². The van der Waals surface area contributed by atoms with E-state index in [9.17, 15) is 9.59 Å². The fourth-order valence-electron chi connectivity index (χ4n) is 6.73. The molecule has 0 saturated heterocycles. The molecule has 0 unspecified atom stereocenters. The lowest BCUT2D eigenvalue weighted by molar-refractivity contribution is 0.0734. The summed E-state index contributed by atoms with van der Waals surface area (Å²) in [4.78, 5) is 26.1. The largest absolute Gasteiger partial charge is 0.423 e. The Kier molecular flexibility index (Phi) is 24.2. The van der Waals surface area contributed by atoms with Gasteiger partial charge in [0.2, 0.25) is 0 Å². The maximum absolute atomic E-state index is 13.1. The van der Waals surface area contributed by atoms with Crippen LogP contribution in [0.2, 0.25) is 0 Å². The second-order valence-electron chi connectivity index (χ2n) is 14.9. The zero-order valence-electron chi connectivity index (χ0n) is 33.8. The lowest BCUT2D eigenvalue weighted by Gasteiger charge is -2.09. The molecule has 3 rings (SSSR count). The molecule has 0 spiro atoms. The topological polar surface area (TPSA) is 52.6 Å². The number of aryl methyl sites for hydroxylation is 2. The number of benzene rings is 3. The van der Waals surface area contributed by atoms with Crippen molar-refractivity contribution in [2.45, 2.75) is 168 Å². The molecule has 0 saturated carbocycles. The first-order valence-corrected chi connectivity index (χ1v) is 21.6. The van der Waals surface area contributed by atoms with Gasteiger partial charge in [0.15, 0.2) is 0 Å². The van der Waals surface area contributed by atoms with Crippen LogP contribution in [-0.2, 0) is 12.8 Å². The third-order valence-electron chi connectivity index (χ3n) is 10.0. The molecule has 54 heavy (non-hydrogen) atoms. The highest BCUT2D eigenvalue weighted by Crippen LogP contribution is 2.21. The summed E-state index contributed by atoms with van der Waals surface area (Å²) in [7, 11) is 0. The molecule has 4 heteroatoms. The van der Waals surface area contributed by atoms with Gasteiger partial charge in [-0.2, -0.15) is 0 Å². The Hall–Kier alpha value is -3.92. The Bertz CT molecular complexity index is 1390. The second-order valence-corrected chi connectivity index (χ2v) is 14.9. The minimum absolute atomic E-state index is 0.313. The highest BCUT2D eigenvalue weighted by atomic mass is 16.5. The van der Waals surface area contributed by atoms with Crippen LogP contribution in [0.25, 0.3) is 0 Å². The van der Waals surface area contributed by atoms with Gasteiger partial charge in [0.25, 0.3) is 0 Å². The molecule has 3 aromatic carbocycles. The van der Waals surface area contributed by atoms with E-state index in [0.29, 0.717) is 22.6 Å². The van der Waals surface area contributed by atoms with Crippen molar-refractivity contribution in [1.82, 2.24) is 0 Å². The third-order valence-corrected chi connectivity index (χ3v) is 10.0. The van der Waals surface area contributed by atoms with E-state index in [4.69, 9.17) is 9.47 Å². The summed E-state index contributed by atoms with van der Waals surface area (Å²) in [5.74, 6) is 0.0509. The average molecular weight is 735 g/mol. The monoisotopic (exact) mass is 735 g/mol. The summed E-state index contributed by atoms with van der Waals surface area (Å²) in [6, 6.07) is 22.1. The van der Waals surface area contributed by atoms with Gasteiger partial charge in [-0.1, -0.05) is 146 Å². The summed E-state index contributed by atoms with van der Waals surface area (Å²) < 4.78 is 11.5. The van der Waals surface area contributed by atoms with Gasteiger partial charge >= 0.3 is 11.9 Å². The smallest absolute Gasteiger partial charge is 0.343 e. The van der Waals surface area contributed by atoms with Crippen LogP contribution in [0.3, 0.4) is 0 Å². The van der Waals surface area contributed by atoms with Gasteiger partial charge in [-0.3, -0.25) is 0 Å². The minimum Gasteiger partial charge on any atom is -0.423 e. The first-order chi connectivity index (χ1) is 26.6. The average Bonchev–Trinajstić information content (AvgIpc) is 3.19. The van der Waals surface area contributed by atoms with Crippen molar-refractivity contribution in [2.75, 3.05) is 0 Å². The molecule has 0 N–H and O–H groups in total. The van der Waals surface area contributed by atoms with Crippen molar-refractivity contribution < 1.29 is 19.1 Å². The summed E-state index contributed by atoms with van der Waals surface area (Å²) in [6.45, 7) is 4.51. The summed E-state index contributed by atoms with van der Waals surface area (Å²) in [5.41, 5.74) is 2.96. The molecular weight excluding hydrogens is 665 g/mol. The fraction of sp³-hybridized carbons (Fsp3) is 0.520. The van der Waals surface area contributed by atoms with Gasteiger partial charge in [0, 0.05) is 0 Å². The molecule has 0 aliphatic heterocycles. The summed E-state index contributed by atoms with van der Waals surface area (Å²) >= 11 is 0. The summed E-state index contributed by atoms with van der Waals surface area (Å²) in [6.07, 6.45) is 39.1. The number of hydrogen-bond donors (Lipinski definition) is 0. The number of esters is 2. The molecular formula is C50H70O4. The predicted octanol–water partition coefficient (Wildman–Crippen LogP) is 14.9. The van der Waals surface area contributed by atoms with Crippen LogP contribution in [0, 0.1) is 0 Å². The molecule has 0 aliphatic carbocycles. The molecule has 294 valence electrons. The molecule has 0 heterocycles. The van der Waals surface area contributed by atoms with Crippen LogP contribution in [0.4, 0.5) is 0 Å². The van der Waals surface area contributed by atoms with Gasteiger partial charge in [-0.25, -0.2) is 9.59 Å². The number of carbonyl (C=O) groups excluding carboxylic acids is 2. The van der Waals surface area contributed by atoms with Gasteiger partial charge in [0.1, 0.15) is 11.5 Å². The van der Waals surface area contributed by atoms with Crippen LogP contribution in [0.15, 0.2) is 97.1 Å². The number of carbonyl (C=O) groups is 2. The Morgan fingerprint density at radius 3 is 1.19 bits per heavy atom. The number of unbranched alkanes of at least 4 members (excludes halogenated alkanes) is 18. The molecule has 4 nitrogen and oxygen atoms in total. The van der Waals surface area contributed by atoms with E-state index in [-0.39, 0.29) is 0 Å². The summed E-state index contributed by atoms with van der Waals surface area (Å²) in [5, 5.41) is 0. The number of ether oxygens (including phenoxy) is 2. The SMILES string of the molecule is CCCCCC/C=C\CCCCCCCc1cccc(OC(=O)c2cccc(C(=O)Oc3cccc(CCCCCCC/C=C\CCCCCC)c3)c2)c1. The Morgan fingerprint density at radius 2 is 0.778 bits per heavy atom. The van der Waals surface area contributed by atoms with Crippen molar-refractivity contribution >= 4 is 11.9 Å². The molecule has 0 aliphatic rings. The quantitative estimate of drug-likeness (QED) is 0.0296.